The van der Waals surface area contributed by atoms with Gasteiger partial charge in [-0.05, 0) is 24.6 Å². The molecular formula is C12H24OSi2. The van der Waals surface area contributed by atoms with Crippen LogP contribution in [0.2, 0.25) is 39.3 Å². The van der Waals surface area contributed by atoms with Crippen LogP contribution < -0.4 is 5.38 Å². The van der Waals surface area contributed by atoms with Gasteiger partial charge in [-0.2, -0.15) is 0 Å². The molecule has 0 aliphatic rings. The van der Waals surface area contributed by atoms with E-state index in [-0.39, 0.29) is 0 Å². The van der Waals surface area contributed by atoms with Crippen molar-refractivity contribution in [1.82, 2.24) is 0 Å². The van der Waals surface area contributed by atoms with Crippen LogP contribution in [-0.2, 0) is 6.04 Å². The Morgan fingerprint density at radius 1 is 1.07 bits per heavy atom. The first-order valence-corrected chi connectivity index (χ1v) is 12.9. The lowest BCUT2D eigenvalue weighted by molar-refractivity contribution is 0.561. The monoisotopic (exact) mass is 240 g/mol. The van der Waals surface area contributed by atoms with Crippen molar-refractivity contribution in [1.29, 1.82) is 0 Å². The van der Waals surface area contributed by atoms with E-state index in [9.17, 15) is 0 Å². The summed E-state index contributed by atoms with van der Waals surface area (Å²) in [5.74, 6) is 1.08. The van der Waals surface area contributed by atoms with Gasteiger partial charge in [0.25, 0.3) is 0 Å². The minimum Gasteiger partial charge on any atom is -0.471 e. The van der Waals surface area contributed by atoms with E-state index in [4.69, 9.17) is 4.42 Å². The second kappa shape index (κ2) is 3.94. The zero-order valence-electron chi connectivity index (χ0n) is 11.2. The smallest absolute Gasteiger partial charge is 0.123 e. The summed E-state index contributed by atoms with van der Waals surface area (Å²) in [4.78, 5) is 0. The molecule has 0 saturated carbocycles. The van der Waals surface area contributed by atoms with Crippen molar-refractivity contribution in [3.8, 4) is 0 Å². The Labute approximate surface area is 95.9 Å². The maximum Gasteiger partial charge on any atom is 0.123 e. The minimum atomic E-state index is -1.30. The number of rotatable bonds is 3. The van der Waals surface area contributed by atoms with Gasteiger partial charge in [0.05, 0.1) is 5.38 Å². The summed E-state index contributed by atoms with van der Waals surface area (Å²) in [6.45, 7) is 16.4. The quantitative estimate of drug-likeness (QED) is 0.737. The van der Waals surface area contributed by atoms with Gasteiger partial charge in [0.1, 0.15) is 13.8 Å². The SMILES string of the molecule is Cc1cc(C[Si](C)(C)C)c([Si](C)(C)C)o1. The van der Waals surface area contributed by atoms with E-state index in [0.717, 1.165) is 5.76 Å². The molecular weight excluding hydrogens is 216 g/mol. The van der Waals surface area contributed by atoms with Crippen LogP contribution in [0.1, 0.15) is 11.3 Å². The average Bonchev–Trinajstić information content (AvgIpc) is 2.25. The van der Waals surface area contributed by atoms with Crippen LogP contribution in [0.4, 0.5) is 0 Å². The van der Waals surface area contributed by atoms with Crippen LogP contribution in [-0.4, -0.2) is 16.1 Å². The van der Waals surface area contributed by atoms with E-state index < -0.39 is 16.1 Å². The first-order valence-electron chi connectivity index (χ1n) is 5.69. The molecule has 1 aromatic heterocycles. The van der Waals surface area contributed by atoms with E-state index in [1.807, 2.05) is 0 Å². The number of aryl methyl sites for hydroxylation is 1. The highest BCUT2D eigenvalue weighted by Crippen LogP contribution is 2.17. The molecule has 0 aromatic carbocycles. The van der Waals surface area contributed by atoms with E-state index >= 15 is 0 Å². The Bertz CT molecular complexity index is 339. The van der Waals surface area contributed by atoms with Crippen molar-refractivity contribution < 1.29 is 4.42 Å². The lowest BCUT2D eigenvalue weighted by Gasteiger charge is -2.19. The second-order valence-electron chi connectivity index (χ2n) is 6.70. The molecule has 86 valence electrons. The summed E-state index contributed by atoms with van der Waals surface area (Å²) in [7, 11) is -2.33. The summed E-state index contributed by atoms with van der Waals surface area (Å²) < 4.78 is 5.91. The van der Waals surface area contributed by atoms with Gasteiger partial charge in [0.2, 0.25) is 0 Å². The summed E-state index contributed by atoms with van der Waals surface area (Å²) in [6, 6.07) is 3.51. The first kappa shape index (κ1) is 12.8. The zero-order chi connectivity index (χ0) is 11.9. The molecule has 0 atom stereocenters. The standard InChI is InChI=1S/C12H24OSi2/c1-10-8-11(9-14(2,3)4)12(13-10)15(5,6)7/h8H,9H2,1-7H3. The maximum absolute atomic E-state index is 5.91. The predicted octanol–water partition coefficient (Wildman–Crippen LogP) is 3.55. The molecule has 0 fully saturated rings. The molecule has 0 aliphatic carbocycles. The Balaban J connectivity index is 3.08. The summed E-state index contributed by atoms with van der Waals surface area (Å²) >= 11 is 0. The summed E-state index contributed by atoms with van der Waals surface area (Å²) in [5, 5.41) is 1.32. The molecule has 0 bridgehead atoms. The Hall–Kier alpha value is -0.286. The molecule has 0 saturated heterocycles. The molecule has 0 unspecified atom stereocenters. The van der Waals surface area contributed by atoms with Crippen molar-refractivity contribution in [2.75, 3.05) is 0 Å². The van der Waals surface area contributed by atoms with Crippen LogP contribution in [0.5, 0.6) is 0 Å². The molecule has 15 heavy (non-hydrogen) atoms. The van der Waals surface area contributed by atoms with Crippen LogP contribution in [0, 0.1) is 6.92 Å². The van der Waals surface area contributed by atoms with Gasteiger partial charge in [-0.15, -0.1) is 0 Å². The summed E-state index contributed by atoms with van der Waals surface area (Å²) in [5.41, 5.74) is 1.49. The van der Waals surface area contributed by atoms with Gasteiger partial charge in [0, 0.05) is 8.07 Å². The van der Waals surface area contributed by atoms with E-state index in [1.54, 1.807) is 0 Å². The Morgan fingerprint density at radius 2 is 1.60 bits per heavy atom. The molecule has 1 heterocycles. The molecule has 0 radical (unpaired) electrons. The molecule has 3 heteroatoms. The van der Waals surface area contributed by atoms with Gasteiger partial charge in [0.15, 0.2) is 0 Å². The second-order valence-corrected chi connectivity index (χ2v) is 17.1. The topological polar surface area (TPSA) is 13.1 Å². The van der Waals surface area contributed by atoms with E-state index in [0.29, 0.717) is 0 Å². The van der Waals surface area contributed by atoms with E-state index in [2.05, 4.69) is 52.3 Å². The minimum absolute atomic E-state index is 1.03. The van der Waals surface area contributed by atoms with Gasteiger partial charge in [-0.25, -0.2) is 0 Å². The normalized spacial score (nSPS) is 13.3. The highest BCUT2D eigenvalue weighted by molar-refractivity contribution is 6.88. The van der Waals surface area contributed by atoms with Crippen molar-refractivity contribution >= 4 is 21.5 Å². The molecule has 0 N–H and O–H groups in total. The highest BCUT2D eigenvalue weighted by atomic mass is 28.3. The number of hydrogen-bond acceptors (Lipinski definition) is 1. The third-order valence-corrected chi connectivity index (χ3v) is 5.56. The predicted molar refractivity (Wildman–Crippen MR) is 73.5 cm³/mol. The Kier molecular flexibility index (Phi) is 3.36. The summed E-state index contributed by atoms with van der Waals surface area (Å²) in [6.07, 6.45) is 0. The number of hydrogen-bond donors (Lipinski definition) is 0. The van der Waals surface area contributed by atoms with Crippen molar-refractivity contribution in [2.45, 2.75) is 52.2 Å². The molecule has 0 amide bonds. The fourth-order valence-corrected chi connectivity index (χ4v) is 5.08. The van der Waals surface area contributed by atoms with Crippen LogP contribution in [0.15, 0.2) is 10.5 Å². The maximum atomic E-state index is 5.91. The number of furan rings is 1. The fraction of sp³-hybridized carbons (Fsp3) is 0.667. The molecule has 1 rings (SSSR count). The molecule has 1 aromatic rings. The van der Waals surface area contributed by atoms with Gasteiger partial charge < -0.3 is 4.42 Å². The molecule has 1 nitrogen and oxygen atoms in total. The average molecular weight is 240 g/mol. The van der Waals surface area contributed by atoms with E-state index in [1.165, 1.54) is 17.0 Å². The van der Waals surface area contributed by atoms with Crippen molar-refractivity contribution in [2.24, 2.45) is 0 Å². The Morgan fingerprint density at radius 3 is 2.00 bits per heavy atom. The van der Waals surface area contributed by atoms with Crippen LogP contribution in [0.25, 0.3) is 0 Å². The van der Waals surface area contributed by atoms with Crippen molar-refractivity contribution in [3.63, 3.8) is 0 Å². The van der Waals surface area contributed by atoms with Crippen LogP contribution >= 0.6 is 0 Å². The lowest BCUT2D eigenvalue weighted by atomic mass is 10.3. The third kappa shape index (κ3) is 3.65. The largest absolute Gasteiger partial charge is 0.471 e. The molecule has 0 aliphatic heterocycles. The lowest BCUT2D eigenvalue weighted by Crippen LogP contribution is -2.40. The first-order chi connectivity index (χ1) is 6.59. The third-order valence-electron chi connectivity index (χ3n) is 2.33. The van der Waals surface area contributed by atoms with Gasteiger partial charge in [-0.1, -0.05) is 39.3 Å². The van der Waals surface area contributed by atoms with Gasteiger partial charge >= 0.3 is 0 Å². The van der Waals surface area contributed by atoms with Crippen molar-refractivity contribution in [3.05, 3.63) is 17.4 Å². The highest BCUT2D eigenvalue weighted by Gasteiger charge is 2.27. The van der Waals surface area contributed by atoms with Crippen LogP contribution in [0.3, 0.4) is 0 Å². The fourth-order valence-electron chi connectivity index (χ4n) is 1.90. The zero-order valence-corrected chi connectivity index (χ0v) is 13.2. The molecule has 0 spiro atoms. The van der Waals surface area contributed by atoms with Gasteiger partial charge in [-0.3, -0.25) is 0 Å².